The molecule has 0 N–H and O–H groups in total. The Labute approximate surface area is 86.4 Å². The highest BCUT2D eigenvalue weighted by atomic mass is 19.1. The van der Waals surface area contributed by atoms with Gasteiger partial charge in [0.15, 0.2) is 0 Å². The molecule has 0 amide bonds. The zero-order valence-electron chi connectivity index (χ0n) is 9.76. The summed E-state index contributed by atoms with van der Waals surface area (Å²) in [6.07, 6.45) is 3.17. The summed E-state index contributed by atoms with van der Waals surface area (Å²) in [5.74, 6) is 0.438. The third kappa shape index (κ3) is 4.35. The second-order valence-corrected chi connectivity index (χ2v) is 4.22. The van der Waals surface area contributed by atoms with E-state index in [4.69, 9.17) is 0 Å². The third-order valence-corrected chi connectivity index (χ3v) is 2.12. The molecule has 0 aliphatic carbocycles. The van der Waals surface area contributed by atoms with Gasteiger partial charge in [-0.2, -0.15) is 0 Å². The van der Waals surface area contributed by atoms with Crippen molar-refractivity contribution in [2.45, 2.75) is 40.3 Å². The first-order valence-electron chi connectivity index (χ1n) is 4.85. The third-order valence-electron chi connectivity index (χ3n) is 2.12. The molecule has 0 rings (SSSR count). The lowest BCUT2D eigenvalue weighted by Gasteiger charge is -2.13. The molecule has 0 fully saturated rings. The Morgan fingerprint density at radius 2 is 1.93 bits per heavy atom. The van der Waals surface area contributed by atoms with E-state index in [1.807, 2.05) is 6.92 Å². The summed E-state index contributed by atoms with van der Waals surface area (Å²) < 4.78 is 13.5. The van der Waals surface area contributed by atoms with Crippen molar-refractivity contribution in [3.8, 4) is 0 Å². The number of allylic oxidation sites excluding steroid dienone is 2. The van der Waals surface area contributed by atoms with Crippen molar-refractivity contribution in [3.05, 3.63) is 24.4 Å². The Hall–Kier alpha value is -0.920. The molecule has 2 heteroatoms. The van der Waals surface area contributed by atoms with Crippen LogP contribution in [-0.2, 0) is 0 Å². The Morgan fingerprint density at radius 1 is 1.43 bits per heavy atom. The lowest BCUT2D eigenvalue weighted by Crippen LogP contribution is -2.23. The summed E-state index contributed by atoms with van der Waals surface area (Å²) in [6, 6.07) is 0. The first-order chi connectivity index (χ1) is 6.29. The molecule has 0 saturated heterocycles. The molecule has 0 unspecified atom stereocenters. The number of alkyl halides is 1. The van der Waals surface area contributed by atoms with Crippen molar-refractivity contribution in [2.24, 2.45) is 10.9 Å². The van der Waals surface area contributed by atoms with E-state index in [1.54, 1.807) is 6.20 Å². The highest BCUT2D eigenvalue weighted by Gasteiger charge is 2.20. The predicted octanol–water partition coefficient (Wildman–Crippen LogP) is 3.92. The number of halogens is 1. The van der Waals surface area contributed by atoms with E-state index < -0.39 is 5.67 Å². The van der Waals surface area contributed by atoms with Crippen molar-refractivity contribution in [3.63, 3.8) is 0 Å². The first kappa shape index (κ1) is 13.1. The Balaban J connectivity index is 4.81. The van der Waals surface area contributed by atoms with E-state index in [0.717, 1.165) is 5.57 Å². The van der Waals surface area contributed by atoms with Crippen LogP contribution >= 0.6 is 0 Å². The van der Waals surface area contributed by atoms with Gasteiger partial charge >= 0.3 is 0 Å². The van der Waals surface area contributed by atoms with Crippen LogP contribution in [0.2, 0.25) is 0 Å². The monoisotopic (exact) mass is 197 g/mol. The fraction of sp³-hybridized carbons (Fsp3) is 0.583. The SMILES string of the molecule is C=C/C(=N\C=C(/C)C(C)C)C(C)(C)F. The van der Waals surface area contributed by atoms with Crippen LogP contribution < -0.4 is 0 Å². The Bertz CT molecular complexity index is 254. The van der Waals surface area contributed by atoms with E-state index in [2.05, 4.69) is 25.4 Å². The summed E-state index contributed by atoms with van der Waals surface area (Å²) in [4.78, 5) is 4.10. The van der Waals surface area contributed by atoms with Gasteiger partial charge < -0.3 is 0 Å². The van der Waals surface area contributed by atoms with Gasteiger partial charge in [-0.25, -0.2) is 4.39 Å². The minimum Gasteiger partial charge on any atom is -0.258 e. The summed E-state index contributed by atoms with van der Waals surface area (Å²) in [5, 5.41) is 0. The van der Waals surface area contributed by atoms with E-state index in [-0.39, 0.29) is 0 Å². The van der Waals surface area contributed by atoms with Crippen LogP contribution in [0, 0.1) is 5.92 Å². The Kier molecular flexibility index (Phi) is 4.75. The fourth-order valence-electron chi connectivity index (χ4n) is 0.769. The summed E-state index contributed by atoms with van der Waals surface area (Å²) in [7, 11) is 0. The topological polar surface area (TPSA) is 12.4 Å². The van der Waals surface area contributed by atoms with Gasteiger partial charge in [0.1, 0.15) is 5.67 Å². The van der Waals surface area contributed by atoms with E-state index >= 15 is 0 Å². The first-order valence-corrected chi connectivity index (χ1v) is 4.85. The average molecular weight is 197 g/mol. The average Bonchev–Trinajstić information content (AvgIpc) is 2.02. The number of hydrogen-bond acceptors (Lipinski definition) is 1. The van der Waals surface area contributed by atoms with E-state index in [9.17, 15) is 4.39 Å². The van der Waals surface area contributed by atoms with Crippen molar-refractivity contribution >= 4 is 5.71 Å². The number of hydrogen-bond donors (Lipinski definition) is 0. The second kappa shape index (κ2) is 5.08. The quantitative estimate of drug-likeness (QED) is 0.606. The standard InChI is InChI=1S/C12H20FN/c1-7-11(12(5,6)13)14-8-10(4)9(2)3/h7-9H,1H2,2-6H3/b10-8+,14-11+. The van der Waals surface area contributed by atoms with Crippen LogP contribution in [0.5, 0.6) is 0 Å². The number of rotatable bonds is 4. The number of nitrogens with zero attached hydrogens (tertiary/aromatic N) is 1. The largest absolute Gasteiger partial charge is 0.258 e. The van der Waals surface area contributed by atoms with Crippen LogP contribution in [0.4, 0.5) is 4.39 Å². The maximum Gasteiger partial charge on any atom is 0.147 e. The molecule has 0 radical (unpaired) electrons. The smallest absolute Gasteiger partial charge is 0.147 e. The maximum absolute atomic E-state index is 13.5. The van der Waals surface area contributed by atoms with Gasteiger partial charge in [0, 0.05) is 6.20 Å². The molecule has 0 spiro atoms. The molecular formula is C12H20FN. The molecule has 0 aromatic carbocycles. The zero-order valence-corrected chi connectivity index (χ0v) is 9.76. The fourth-order valence-corrected chi connectivity index (χ4v) is 0.769. The van der Waals surface area contributed by atoms with Crippen molar-refractivity contribution < 1.29 is 4.39 Å². The summed E-state index contributed by atoms with van der Waals surface area (Å²) >= 11 is 0. The molecule has 0 aliphatic heterocycles. The molecule has 80 valence electrons. The molecule has 0 aromatic rings. The van der Waals surface area contributed by atoms with Crippen molar-refractivity contribution in [2.75, 3.05) is 0 Å². The van der Waals surface area contributed by atoms with E-state index in [1.165, 1.54) is 19.9 Å². The highest BCUT2D eigenvalue weighted by Crippen LogP contribution is 2.14. The molecular weight excluding hydrogens is 177 g/mol. The molecule has 0 bridgehead atoms. The molecule has 0 aromatic heterocycles. The van der Waals surface area contributed by atoms with Gasteiger partial charge in [0.2, 0.25) is 0 Å². The van der Waals surface area contributed by atoms with Crippen LogP contribution in [0.3, 0.4) is 0 Å². The lowest BCUT2D eigenvalue weighted by atomic mass is 10.0. The molecule has 0 aliphatic rings. The molecule has 14 heavy (non-hydrogen) atoms. The zero-order chi connectivity index (χ0) is 11.4. The van der Waals surface area contributed by atoms with Crippen molar-refractivity contribution in [1.29, 1.82) is 0 Å². The number of aliphatic imine (C=N–C) groups is 1. The molecule has 1 nitrogen and oxygen atoms in total. The second-order valence-electron chi connectivity index (χ2n) is 4.22. The molecule has 0 saturated carbocycles. The van der Waals surface area contributed by atoms with Gasteiger partial charge in [-0.05, 0) is 32.8 Å². The maximum atomic E-state index is 13.5. The summed E-state index contributed by atoms with van der Waals surface area (Å²) in [5.41, 5.74) is 0.0845. The van der Waals surface area contributed by atoms with Crippen molar-refractivity contribution in [1.82, 2.24) is 0 Å². The van der Waals surface area contributed by atoms with Crippen LogP contribution in [0.25, 0.3) is 0 Å². The predicted molar refractivity (Wildman–Crippen MR) is 61.4 cm³/mol. The normalized spacial score (nSPS) is 14.8. The minimum atomic E-state index is -1.42. The molecule has 0 atom stereocenters. The lowest BCUT2D eigenvalue weighted by molar-refractivity contribution is 0.315. The van der Waals surface area contributed by atoms with Gasteiger partial charge in [0.05, 0.1) is 5.71 Å². The van der Waals surface area contributed by atoms with Gasteiger partial charge in [-0.1, -0.05) is 26.0 Å². The van der Waals surface area contributed by atoms with Gasteiger partial charge in [-0.3, -0.25) is 4.99 Å². The van der Waals surface area contributed by atoms with Crippen LogP contribution in [0.1, 0.15) is 34.6 Å². The molecule has 0 heterocycles. The Morgan fingerprint density at radius 3 is 2.21 bits per heavy atom. The highest BCUT2D eigenvalue weighted by molar-refractivity contribution is 6.01. The minimum absolute atomic E-state index is 0.373. The van der Waals surface area contributed by atoms with E-state index in [0.29, 0.717) is 11.6 Å². The van der Waals surface area contributed by atoms with Crippen LogP contribution in [-0.4, -0.2) is 11.4 Å². The summed E-state index contributed by atoms with van der Waals surface area (Å²) in [6.45, 7) is 12.7. The van der Waals surface area contributed by atoms with Gasteiger partial charge in [0.25, 0.3) is 0 Å². The van der Waals surface area contributed by atoms with Crippen LogP contribution in [0.15, 0.2) is 29.4 Å². The van der Waals surface area contributed by atoms with Gasteiger partial charge in [-0.15, -0.1) is 0 Å².